The standard InChI is InChI=1S/C31H53N3O/c1-6-8-17-32-20-22-34(23-21-32)30-14-13-27(33-18-15-28(16-19-33)35-7-2)24-29(30)25-9-11-26(12-10-25)31(3,4)5/h13-14,24-26,28H,6-12,15-23H2,1-5H3. The van der Waals surface area contributed by atoms with Crippen molar-refractivity contribution in [3.8, 4) is 0 Å². The van der Waals surface area contributed by atoms with Gasteiger partial charge in [0.2, 0.25) is 0 Å². The molecule has 0 amide bonds. The molecule has 2 saturated heterocycles. The molecule has 0 N–H and O–H groups in total. The highest BCUT2D eigenvalue weighted by atomic mass is 16.5. The van der Waals surface area contributed by atoms with Gasteiger partial charge in [0, 0.05) is 57.3 Å². The predicted molar refractivity (Wildman–Crippen MR) is 151 cm³/mol. The molecule has 4 rings (SSSR count). The molecule has 1 aliphatic carbocycles. The Morgan fingerprint density at radius 1 is 0.829 bits per heavy atom. The summed E-state index contributed by atoms with van der Waals surface area (Å²) in [7, 11) is 0. The van der Waals surface area contributed by atoms with E-state index in [1.165, 1.54) is 82.6 Å². The highest BCUT2D eigenvalue weighted by molar-refractivity contribution is 5.63. The van der Waals surface area contributed by atoms with Crippen molar-refractivity contribution in [2.75, 3.05) is 62.2 Å². The molecule has 198 valence electrons. The number of nitrogens with zero attached hydrogens (tertiary/aromatic N) is 3. The minimum Gasteiger partial charge on any atom is -0.378 e. The molecule has 0 unspecified atom stereocenters. The minimum atomic E-state index is 0.440. The van der Waals surface area contributed by atoms with E-state index in [0.717, 1.165) is 38.5 Å². The summed E-state index contributed by atoms with van der Waals surface area (Å²) in [5.41, 5.74) is 5.06. The summed E-state index contributed by atoms with van der Waals surface area (Å²) in [6.07, 6.45) is 10.8. The Morgan fingerprint density at radius 2 is 1.51 bits per heavy atom. The van der Waals surface area contributed by atoms with Gasteiger partial charge in [-0.05, 0) is 99.4 Å². The normalized spacial score (nSPS) is 25.3. The number of piperidine rings is 1. The fourth-order valence-electron chi connectivity index (χ4n) is 6.73. The molecule has 3 aliphatic rings. The van der Waals surface area contributed by atoms with Gasteiger partial charge in [-0.1, -0.05) is 34.1 Å². The first kappa shape index (κ1) is 26.8. The lowest BCUT2D eigenvalue weighted by Gasteiger charge is -2.41. The van der Waals surface area contributed by atoms with E-state index >= 15 is 0 Å². The zero-order chi connectivity index (χ0) is 24.8. The number of rotatable bonds is 8. The maximum absolute atomic E-state index is 5.92. The molecule has 3 fully saturated rings. The van der Waals surface area contributed by atoms with Crippen molar-refractivity contribution in [1.29, 1.82) is 0 Å². The topological polar surface area (TPSA) is 19.0 Å². The van der Waals surface area contributed by atoms with Crippen LogP contribution in [0.2, 0.25) is 0 Å². The first-order chi connectivity index (χ1) is 16.9. The van der Waals surface area contributed by atoms with Gasteiger partial charge >= 0.3 is 0 Å². The molecular formula is C31H53N3O. The largest absolute Gasteiger partial charge is 0.378 e. The molecule has 0 aromatic heterocycles. The molecule has 2 heterocycles. The van der Waals surface area contributed by atoms with Crippen molar-refractivity contribution >= 4 is 11.4 Å². The maximum Gasteiger partial charge on any atom is 0.0608 e. The van der Waals surface area contributed by atoms with Crippen LogP contribution in [0.5, 0.6) is 0 Å². The number of piperazine rings is 1. The van der Waals surface area contributed by atoms with Crippen LogP contribution in [-0.2, 0) is 4.74 Å². The number of anilines is 2. The van der Waals surface area contributed by atoms with Gasteiger partial charge in [-0.3, -0.25) is 4.90 Å². The number of hydrogen-bond donors (Lipinski definition) is 0. The van der Waals surface area contributed by atoms with Crippen molar-refractivity contribution in [1.82, 2.24) is 4.90 Å². The minimum absolute atomic E-state index is 0.440. The van der Waals surface area contributed by atoms with Gasteiger partial charge in [0.25, 0.3) is 0 Å². The number of ether oxygens (including phenoxy) is 1. The van der Waals surface area contributed by atoms with Crippen LogP contribution in [-0.4, -0.2) is 63.4 Å². The average Bonchev–Trinajstić information content (AvgIpc) is 2.88. The van der Waals surface area contributed by atoms with Crippen LogP contribution in [0.15, 0.2) is 18.2 Å². The summed E-state index contributed by atoms with van der Waals surface area (Å²) >= 11 is 0. The Morgan fingerprint density at radius 3 is 2.11 bits per heavy atom. The lowest BCUT2D eigenvalue weighted by Crippen LogP contribution is -2.47. The van der Waals surface area contributed by atoms with Gasteiger partial charge in [0.15, 0.2) is 0 Å². The molecule has 0 atom stereocenters. The second kappa shape index (κ2) is 12.3. The molecule has 4 nitrogen and oxygen atoms in total. The van der Waals surface area contributed by atoms with Crippen LogP contribution in [0.4, 0.5) is 11.4 Å². The van der Waals surface area contributed by atoms with Crippen molar-refractivity contribution in [3.63, 3.8) is 0 Å². The molecule has 1 aromatic rings. The molecule has 0 spiro atoms. The number of benzene rings is 1. The first-order valence-electron chi connectivity index (χ1n) is 14.9. The molecule has 2 aliphatic heterocycles. The Hall–Kier alpha value is -1.26. The van der Waals surface area contributed by atoms with Gasteiger partial charge in [-0.2, -0.15) is 0 Å². The molecule has 0 bridgehead atoms. The molecule has 4 heteroatoms. The lowest BCUT2D eigenvalue weighted by molar-refractivity contribution is 0.0459. The lowest BCUT2D eigenvalue weighted by atomic mass is 9.68. The Labute approximate surface area is 216 Å². The monoisotopic (exact) mass is 483 g/mol. The molecule has 1 saturated carbocycles. The summed E-state index contributed by atoms with van der Waals surface area (Å²) in [6.45, 7) is 20.9. The maximum atomic E-state index is 5.92. The van der Waals surface area contributed by atoms with Crippen LogP contribution in [0.1, 0.15) is 97.5 Å². The third kappa shape index (κ3) is 6.95. The van der Waals surface area contributed by atoms with E-state index in [2.05, 4.69) is 67.5 Å². The van der Waals surface area contributed by atoms with Crippen molar-refractivity contribution in [2.45, 2.75) is 98.0 Å². The van der Waals surface area contributed by atoms with Crippen molar-refractivity contribution in [3.05, 3.63) is 23.8 Å². The summed E-state index contributed by atoms with van der Waals surface area (Å²) in [5.74, 6) is 1.58. The Bertz CT molecular complexity index is 764. The highest BCUT2D eigenvalue weighted by Gasteiger charge is 2.32. The quantitative estimate of drug-likeness (QED) is 0.399. The average molecular weight is 484 g/mol. The van der Waals surface area contributed by atoms with Crippen molar-refractivity contribution in [2.24, 2.45) is 11.3 Å². The van der Waals surface area contributed by atoms with E-state index in [4.69, 9.17) is 4.74 Å². The van der Waals surface area contributed by atoms with Crippen LogP contribution in [0, 0.1) is 11.3 Å². The SMILES string of the molecule is CCCCN1CCN(c2ccc(N3CCC(OCC)CC3)cc2C2CCC(C(C)(C)C)CC2)CC1. The molecule has 35 heavy (non-hydrogen) atoms. The number of hydrogen-bond acceptors (Lipinski definition) is 4. The van der Waals surface area contributed by atoms with Gasteiger partial charge < -0.3 is 14.5 Å². The molecular weight excluding hydrogens is 430 g/mol. The first-order valence-corrected chi connectivity index (χ1v) is 14.9. The Kier molecular flexibility index (Phi) is 9.43. The second-order valence-electron chi connectivity index (χ2n) is 12.5. The second-order valence-corrected chi connectivity index (χ2v) is 12.5. The predicted octanol–water partition coefficient (Wildman–Crippen LogP) is 6.93. The van der Waals surface area contributed by atoms with Gasteiger partial charge in [-0.15, -0.1) is 0 Å². The zero-order valence-electron chi connectivity index (χ0n) is 23.5. The van der Waals surface area contributed by atoms with E-state index in [1.54, 1.807) is 5.56 Å². The molecule has 0 radical (unpaired) electrons. The summed E-state index contributed by atoms with van der Waals surface area (Å²) in [6, 6.07) is 7.50. The van der Waals surface area contributed by atoms with Crippen LogP contribution in [0.3, 0.4) is 0 Å². The van der Waals surface area contributed by atoms with Crippen molar-refractivity contribution < 1.29 is 4.74 Å². The zero-order valence-corrected chi connectivity index (χ0v) is 23.5. The summed E-state index contributed by atoms with van der Waals surface area (Å²) in [5, 5.41) is 0. The summed E-state index contributed by atoms with van der Waals surface area (Å²) < 4.78 is 5.92. The highest BCUT2D eigenvalue weighted by Crippen LogP contribution is 2.46. The van der Waals surface area contributed by atoms with Crippen LogP contribution < -0.4 is 9.80 Å². The van der Waals surface area contributed by atoms with E-state index < -0.39 is 0 Å². The fraction of sp³-hybridized carbons (Fsp3) is 0.806. The van der Waals surface area contributed by atoms with Gasteiger partial charge in [0.1, 0.15) is 0 Å². The smallest absolute Gasteiger partial charge is 0.0608 e. The molecule has 1 aromatic carbocycles. The van der Waals surface area contributed by atoms with E-state index in [0.29, 0.717) is 17.4 Å². The third-order valence-corrected chi connectivity index (χ3v) is 9.15. The van der Waals surface area contributed by atoms with Crippen LogP contribution in [0.25, 0.3) is 0 Å². The van der Waals surface area contributed by atoms with Gasteiger partial charge in [-0.25, -0.2) is 0 Å². The Balaban J connectivity index is 1.50. The van der Waals surface area contributed by atoms with Gasteiger partial charge in [0.05, 0.1) is 6.10 Å². The van der Waals surface area contributed by atoms with Crippen LogP contribution >= 0.6 is 0 Å². The van der Waals surface area contributed by atoms with E-state index in [-0.39, 0.29) is 0 Å². The van der Waals surface area contributed by atoms with E-state index in [1.807, 2.05) is 0 Å². The third-order valence-electron chi connectivity index (χ3n) is 9.15. The fourth-order valence-corrected chi connectivity index (χ4v) is 6.73. The number of unbranched alkanes of at least 4 members (excludes halogenated alkanes) is 1. The van der Waals surface area contributed by atoms with E-state index in [9.17, 15) is 0 Å². The summed E-state index contributed by atoms with van der Waals surface area (Å²) in [4.78, 5) is 8.00.